The molecule has 0 spiro atoms. The Morgan fingerprint density at radius 1 is 1.43 bits per heavy atom. The van der Waals surface area contributed by atoms with Crippen LogP contribution in [0, 0.1) is 5.92 Å². The maximum Gasteiger partial charge on any atom is 0.246 e. The molecule has 3 heteroatoms. The van der Waals surface area contributed by atoms with Crippen molar-refractivity contribution < 1.29 is 4.79 Å². The standard InChI is InChI=1S/C11H22N2O/c1-5-6-10(3)11(14)13-8-9(2)7-12-4/h6,9,12H,5,7-8H2,1-4H3,(H,13,14)/b10-6-. The van der Waals surface area contributed by atoms with E-state index >= 15 is 0 Å². The maximum atomic E-state index is 11.4. The van der Waals surface area contributed by atoms with Gasteiger partial charge in [-0.1, -0.05) is 19.9 Å². The van der Waals surface area contributed by atoms with Gasteiger partial charge in [-0.3, -0.25) is 4.79 Å². The van der Waals surface area contributed by atoms with Gasteiger partial charge in [-0.25, -0.2) is 0 Å². The van der Waals surface area contributed by atoms with Gasteiger partial charge in [-0.2, -0.15) is 0 Å². The Bertz CT molecular complexity index is 199. The molecule has 1 unspecified atom stereocenters. The van der Waals surface area contributed by atoms with Crippen LogP contribution in [0.2, 0.25) is 0 Å². The number of hydrogen-bond donors (Lipinski definition) is 2. The van der Waals surface area contributed by atoms with E-state index in [1.807, 2.05) is 27.0 Å². The van der Waals surface area contributed by atoms with E-state index in [0.717, 1.165) is 25.1 Å². The van der Waals surface area contributed by atoms with E-state index < -0.39 is 0 Å². The van der Waals surface area contributed by atoms with Crippen molar-refractivity contribution in [2.45, 2.75) is 27.2 Å². The Hall–Kier alpha value is -0.830. The minimum atomic E-state index is 0.0507. The predicted molar refractivity (Wildman–Crippen MR) is 60.1 cm³/mol. The Labute approximate surface area is 87.0 Å². The number of nitrogens with one attached hydrogen (secondary N) is 2. The van der Waals surface area contributed by atoms with Crippen molar-refractivity contribution in [2.75, 3.05) is 20.1 Å². The highest BCUT2D eigenvalue weighted by molar-refractivity contribution is 5.92. The van der Waals surface area contributed by atoms with E-state index in [2.05, 4.69) is 17.6 Å². The second kappa shape index (κ2) is 7.56. The Kier molecular flexibility index (Phi) is 7.11. The molecule has 0 aromatic rings. The summed E-state index contributed by atoms with van der Waals surface area (Å²) in [5.41, 5.74) is 0.809. The van der Waals surface area contributed by atoms with Crippen molar-refractivity contribution in [2.24, 2.45) is 5.92 Å². The molecule has 14 heavy (non-hydrogen) atoms. The van der Waals surface area contributed by atoms with E-state index in [9.17, 15) is 4.79 Å². The van der Waals surface area contributed by atoms with Gasteiger partial charge in [0, 0.05) is 12.1 Å². The molecule has 3 nitrogen and oxygen atoms in total. The maximum absolute atomic E-state index is 11.4. The highest BCUT2D eigenvalue weighted by Crippen LogP contribution is 1.96. The molecular formula is C11H22N2O. The third kappa shape index (κ3) is 5.75. The van der Waals surface area contributed by atoms with Crippen LogP contribution >= 0.6 is 0 Å². The van der Waals surface area contributed by atoms with Crippen LogP contribution < -0.4 is 10.6 Å². The average molecular weight is 198 g/mol. The van der Waals surface area contributed by atoms with Gasteiger partial charge in [-0.15, -0.1) is 0 Å². The number of rotatable bonds is 6. The summed E-state index contributed by atoms with van der Waals surface area (Å²) in [7, 11) is 1.92. The number of carbonyl (C=O) groups excluding carboxylic acids is 1. The lowest BCUT2D eigenvalue weighted by Crippen LogP contribution is -2.32. The fourth-order valence-electron chi connectivity index (χ4n) is 1.23. The van der Waals surface area contributed by atoms with E-state index in [1.165, 1.54) is 0 Å². The zero-order valence-corrected chi connectivity index (χ0v) is 9.68. The minimum Gasteiger partial charge on any atom is -0.352 e. The van der Waals surface area contributed by atoms with Crippen molar-refractivity contribution in [3.8, 4) is 0 Å². The van der Waals surface area contributed by atoms with E-state index in [-0.39, 0.29) is 5.91 Å². The first kappa shape index (κ1) is 13.2. The monoisotopic (exact) mass is 198 g/mol. The number of carbonyl (C=O) groups is 1. The molecule has 1 amide bonds. The third-order valence-corrected chi connectivity index (χ3v) is 2.03. The zero-order chi connectivity index (χ0) is 11.0. The molecule has 1 atom stereocenters. The van der Waals surface area contributed by atoms with E-state index in [1.54, 1.807) is 0 Å². The fourth-order valence-corrected chi connectivity index (χ4v) is 1.23. The topological polar surface area (TPSA) is 41.1 Å². The van der Waals surface area contributed by atoms with Gasteiger partial charge in [0.25, 0.3) is 0 Å². The molecule has 0 radical (unpaired) electrons. The zero-order valence-electron chi connectivity index (χ0n) is 9.68. The predicted octanol–water partition coefficient (Wildman–Crippen LogP) is 1.31. The van der Waals surface area contributed by atoms with Crippen molar-refractivity contribution in [1.82, 2.24) is 10.6 Å². The van der Waals surface area contributed by atoms with Gasteiger partial charge in [0.1, 0.15) is 0 Å². The molecule has 0 saturated heterocycles. The van der Waals surface area contributed by atoms with Crippen LogP contribution in [0.4, 0.5) is 0 Å². The quantitative estimate of drug-likeness (QED) is 0.632. The molecule has 0 aliphatic carbocycles. The fraction of sp³-hybridized carbons (Fsp3) is 0.727. The van der Waals surface area contributed by atoms with Crippen LogP contribution in [-0.2, 0) is 4.79 Å². The summed E-state index contributed by atoms with van der Waals surface area (Å²) < 4.78 is 0. The number of hydrogen-bond acceptors (Lipinski definition) is 2. The molecule has 0 aromatic heterocycles. The highest BCUT2D eigenvalue weighted by atomic mass is 16.1. The molecule has 0 saturated carbocycles. The molecule has 0 fully saturated rings. The van der Waals surface area contributed by atoms with Crippen molar-refractivity contribution in [3.05, 3.63) is 11.6 Å². The summed E-state index contributed by atoms with van der Waals surface area (Å²) >= 11 is 0. The van der Waals surface area contributed by atoms with Crippen molar-refractivity contribution in [3.63, 3.8) is 0 Å². The molecule has 0 heterocycles. The summed E-state index contributed by atoms with van der Waals surface area (Å²) in [5.74, 6) is 0.521. The smallest absolute Gasteiger partial charge is 0.246 e. The summed E-state index contributed by atoms with van der Waals surface area (Å²) in [6.45, 7) is 7.64. The minimum absolute atomic E-state index is 0.0507. The van der Waals surface area contributed by atoms with Gasteiger partial charge in [0.05, 0.1) is 0 Å². The largest absolute Gasteiger partial charge is 0.352 e. The number of allylic oxidation sites excluding steroid dienone is 1. The van der Waals surface area contributed by atoms with Crippen LogP contribution in [0.1, 0.15) is 27.2 Å². The molecule has 2 N–H and O–H groups in total. The summed E-state index contributed by atoms with van der Waals surface area (Å²) in [5, 5.41) is 5.98. The van der Waals surface area contributed by atoms with Gasteiger partial charge in [0.2, 0.25) is 5.91 Å². The van der Waals surface area contributed by atoms with Gasteiger partial charge in [0.15, 0.2) is 0 Å². The normalized spacial score (nSPS) is 13.9. The summed E-state index contributed by atoms with van der Waals surface area (Å²) in [6, 6.07) is 0. The van der Waals surface area contributed by atoms with Gasteiger partial charge >= 0.3 is 0 Å². The van der Waals surface area contributed by atoms with E-state index in [0.29, 0.717) is 5.92 Å². The van der Waals surface area contributed by atoms with E-state index in [4.69, 9.17) is 0 Å². The Balaban J connectivity index is 3.79. The van der Waals surface area contributed by atoms with Gasteiger partial charge in [-0.05, 0) is 32.9 Å². The lowest BCUT2D eigenvalue weighted by atomic mass is 10.1. The molecule has 0 bridgehead atoms. The lowest BCUT2D eigenvalue weighted by Gasteiger charge is -2.11. The van der Waals surface area contributed by atoms with Crippen LogP contribution in [0.3, 0.4) is 0 Å². The average Bonchev–Trinajstić information content (AvgIpc) is 2.15. The second-order valence-corrected chi connectivity index (χ2v) is 3.67. The third-order valence-electron chi connectivity index (χ3n) is 2.03. The second-order valence-electron chi connectivity index (χ2n) is 3.67. The first-order valence-corrected chi connectivity index (χ1v) is 5.21. The first-order chi connectivity index (χ1) is 6.61. The molecular weight excluding hydrogens is 176 g/mol. The Morgan fingerprint density at radius 2 is 2.07 bits per heavy atom. The molecule has 0 aromatic carbocycles. The van der Waals surface area contributed by atoms with Crippen molar-refractivity contribution in [1.29, 1.82) is 0 Å². The Morgan fingerprint density at radius 3 is 2.57 bits per heavy atom. The van der Waals surface area contributed by atoms with Crippen molar-refractivity contribution >= 4 is 5.91 Å². The summed E-state index contributed by atoms with van der Waals surface area (Å²) in [6.07, 6.45) is 2.85. The van der Waals surface area contributed by atoms with Crippen LogP contribution in [-0.4, -0.2) is 26.0 Å². The molecule has 0 aliphatic rings. The lowest BCUT2D eigenvalue weighted by molar-refractivity contribution is -0.117. The van der Waals surface area contributed by atoms with Crippen LogP contribution in [0.25, 0.3) is 0 Å². The molecule has 82 valence electrons. The molecule has 0 aliphatic heterocycles. The van der Waals surface area contributed by atoms with Gasteiger partial charge < -0.3 is 10.6 Å². The van der Waals surface area contributed by atoms with Crippen LogP contribution in [0.5, 0.6) is 0 Å². The SMILES string of the molecule is CC/C=C(/C)C(=O)NCC(C)CNC. The highest BCUT2D eigenvalue weighted by Gasteiger charge is 2.05. The summed E-state index contributed by atoms with van der Waals surface area (Å²) in [4.78, 5) is 11.4. The number of amides is 1. The van der Waals surface area contributed by atoms with Crippen LogP contribution in [0.15, 0.2) is 11.6 Å². The molecule has 0 rings (SSSR count). The first-order valence-electron chi connectivity index (χ1n) is 5.21.